The van der Waals surface area contributed by atoms with Gasteiger partial charge in [0.15, 0.2) is 0 Å². The van der Waals surface area contributed by atoms with Crippen LogP contribution in [0.15, 0.2) is 36.4 Å². The summed E-state index contributed by atoms with van der Waals surface area (Å²) in [6.07, 6.45) is 1.19. The van der Waals surface area contributed by atoms with Gasteiger partial charge in [0, 0.05) is 17.7 Å². The molecule has 0 aromatic heterocycles. The first-order valence-electron chi connectivity index (χ1n) is 9.14. The fraction of sp³-hybridized carbons (Fsp3) is 0.227. The van der Waals surface area contributed by atoms with Gasteiger partial charge in [-0.25, -0.2) is 0 Å². The van der Waals surface area contributed by atoms with Crippen LogP contribution in [0.3, 0.4) is 0 Å². The van der Waals surface area contributed by atoms with Crippen LogP contribution in [0.4, 0.5) is 8.78 Å². The van der Waals surface area contributed by atoms with Gasteiger partial charge in [-0.15, -0.1) is 0 Å². The van der Waals surface area contributed by atoms with E-state index < -0.39 is 24.4 Å². The standard InChI is InChI=1S/C22H19F2NO5/c1-12-9-14(10-13(2)19(12)30-22(23)24)11-17-15-5-3-4-6-16(15)20(28)25(21(17)29)8-7-18(26)27/h3-6,9-11,22H,7-8H2,1-2H3,(H,26,27)/b17-11-. The lowest BCUT2D eigenvalue weighted by Gasteiger charge is -2.28. The molecule has 0 saturated carbocycles. The summed E-state index contributed by atoms with van der Waals surface area (Å²) < 4.78 is 29.8. The number of carboxylic acids is 1. The van der Waals surface area contributed by atoms with Gasteiger partial charge in [0.1, 0.15) is 5.75 Å². The molecule has 2 aromatic rings. The summed E-state index contributed by atoms with van der Waals surface area (Å²) in [6, 6.07) is 9.76. The summed E-state index contributed by atoms with van der Waals surface area (Å²) in [5, 5.41) is 8.93. The highest BCUT2D eigenvalue weighted by Crippen LogP contribution is 2.32. The number of alkyl halides is 2. The summed E-state index contributed by atoms with van der Waals surface area (Å²) in [7, 11) is 0. The second-order valence-corrected chi connectivity index (χ2v) is 6.87. The molecule has 1 aliphatic rings. The lowest BCUT2D eigenvalue weighted by atomic mass is 9.91. The van der Waals surface area contributed by atoms with Crippen molar-refractivity contribution < 1.29 is 33.0 Å². The van der Waals surface area contributed by atoms with Crippen LogP contribution in [0.2, 0.25) is 0 Å². The van der Waals surface area contributed by atoms with Crippen LogP contribution < -0.4 is 4.74 Å². The van der Waals surface area contributed by atoms with Crippen LogP contribution in [-0.2, 0) is 9.59 Å². The molecule has 6 nitrogen and oxygen atoms in total. The molecule has 0 saturated heterocycles. The number of nitrogens with zero attached hydrogens (tertiary/aromatic N) is 1. The Balaban J connectivity index is 2.08. The fourth-order valence-electron chi connectivity index (χ4n) is 3.46. The maximum absolute atomic E-state index is 13.0. The van der Waals surface area contributed by atoms with Gasteiger partial charge in [-0.1, -0.05) is 18.2 Å². The number of imide groups is 1. The van der Waals surface area contributed by atoms with E-state index >= 15 is 0 Å². The van der Waals surface area contributed by atoms with Crippen molar-refractivity contribution in [1.82, 2.24) is 4.90 Å². The number of benzene rings is 2. The Hall–Kier alpha value is -3.55. The van der Waals surface area contributed by atoms with E-state index in [1.54, 1.807) is 56.3 Å². The van der Waals surface area contributed by atoms with Gasteiger partial charge in [-0.05, 0) is 60.4 Å². The Morgan fingerprint density at radius 3 is 2.27 bits per heavy atom. The van der Waals surface area contributed by atoms with Crippen molar-refractivity contribution in [3.05, 3.63) is 64.2 Å². The van der Waals surface area contributed by atoms with Gasteiger partial charge in [-0.2, -0.15) is 8.78 Å². The van der Waals surface area contributed by atoms with Crippen LogP contribution in [-0.4, -0.2) is 40.9 Å². The zero-order chi connectivity index (χ0) is 22.0. The molecule has 2 aromatic carbocycles. The van der Waals surface area contributed by atoms with Gasteiger partial charge in [0.2, 0.25) is 0 Å². The third kappa shape index (κ3) is 4.22. The van der Waals surface area contributed by atoms with E-state index in [4.69, 9.17) is 5.11 Å². The lowest BCUT2D eigenvalue weighted by Crippen LogP contribution is -2.42. The Labute approximate surface area is 171 Å². The largest absolute Gasteiger partial charge is 0.481 e. The molecule has 0 atom stereocenters. The third-order valence-electron chi connectivity index (χ3n) is 4.72. The summed E-state index contributed by atoms with van der Waals surface area (Å²) in [6.45, 7) is 0.0305. The minimum Gasteiger partial charge on any atom is -0.481 e. The molecule has 1 N–H and O–H groups in total. The maximum atomic E-state index is 13.0. The summed E-state index contributed by atoms with van der Waals surface area (Å²) >= 11 is 0. The number of aryl methyl sites for hydroxylation is 2. The van der Waals surface area contributed by atoms with E-state index in [0.29, 0.717) is 27.8 Å². The van der Waals surface area contributed by atoms with Crippen molar-refractivity contribution in [2.75, 3.05) is 6.54 Å². The topological polar surface area (TPSA) is 83.9 Å². The number of ether oxygens (including phenoxy) is 1. The molecule has 3 rings (SSSR count). The van der Waals surface area contributed by atoms with Crippen molar-refractivity contribution in [3.8, 4) is 5.75 Å². The number of amides is 2. The molecule has 2 amide bonds. The van der Waals surface area contributed by atoms with Gasteiger partial charge in [0.05, 0.1) is 6.42 Å². The lowest BCUT2D eigenvalue weighted by molar-refractivity contribution is -0.137. The average molecular weight is 415 g/mol. The number of hydrogen-bond acceptors (Lipinski definition) is 4. The average Bonchev–Trinajstić information content (AvgIpc) is 2.67. The second kappa shape index (κ2) is 8.44. The molecule has 0 spiro atoms. The first-order chi connectivity index (χ1) is 14.2. The minimum atomic E-state index is -2.95. The van der Waals surface area contributed by atoms with E-state index in [9.17, 15) is 23.2 Å². The molecular formula is C22H19F2NO5. The summed E-state index contributed by atoms with van der Waals surface area (Å²) in [5.41, 5.74) is 2.45. The number of carbonyl (C=O) groups is 3. The molecule has 8 heteroatoms. The Kier molecular flexibility index (Phi) is 5.96. The maximum Gasteiger partial charge on any atom is 0.387 e. The number of carbonyl (C=O) groups excluding carboxylic acids is 2. The summed E-state index contributed by atoms with van der Waals surface area (Å²) in [4.78, 5) is 37.5. The molecule has 156 valence electrons. The van der Waals surface area contributed by atoms with E-state index in [1.165, 1.54) is 0 Å². The molecule has 0 aliphatic carbocycles. The first-order valence-corrected chi connectivity index (χ1v) is 9.14. The van der Waals surface area contributed by atoms with Crippen molar-refractivity contribution in [2.45, 2.75) is 26.9 Å². The van der Waals surface area contributed by atoms with Crippen LogP contribution in [0, 0.1) is 13.8 Å². The first kappa shape index (κ1) is 21.2. The summed E-state index contributed by atoms with van der Waals surface area (Å²) in [5.74, 6) is -2.22. The minimum absolute atomic E-state index is 0.0702. The van der Waals surface area contributed by atoms with Gasteiger partial charge in [0.25, 0.3) is 11.8 Å². The molecule has 1 aliphatic heterocycles. The SMILES string of the molecule is Cc1cc(/C=C2\C(=O)N(CCC(=O)O)C(=O)c3ccccc32)cc(C)c1OC(F)F. The Morgan fingerprint density at radius 1 is 1.10 bits per heavy atom. The monoisotopic (exact) mass is 415 g/mol. The van der Waals surface area contributed by atoms with Gasteiger partial charge >= 0.3 is 12.6 Å². The molecule has 30 heavy (non-hydrogen) atoms. The number of carboxylic acid groups (broad SMARTS) is 1. The third-order valence-corrected chi connectivity index (χ3v) is 4.72. The number of halogens is 2. The predicted molar refractivity (Wildman–Crippen MR) is 105 cm³/mol. The fourth-order valence-corrected chi connectivity index (χ4v) is 3.46. The number of hydrogen-bond donors (Lipinski definition) is 1. The van der Waals surface area contributed by atoms with Crippen LogP contribution in [0.1, 0.15) is 39.0 Å². The van der Waals surface area contributed by atoms with Crippen molar-refractivity contribution in [3.63, 3.8) is 0 Å². The van der Waals surface area contributed by atoms with E-state index in [0.717, 1.165) is 4.90 Å². The number of aliphatic carboxylic acids is 1. The van der Waals surface area contributed by atoms with Gasteiger partial charge in [-0.3, -0.25) is 19.3 Å². The Morgan fingerprint density at radius 2 is 1.70 bits per heavy atom. The molecule has 0 fully saturated rings. The van der Waals surface area contributed by atoms with Crippen molar-refractivity contribution >= 4 is 29.4 Å². The van der Waals surface area contributed by atoms with Crippen molar-refractivity contribution in [1.29, 1.82) is 0 Å². The van der Waals surface area contributed by atoms with E-state index in [2.05, 4.69) is 4.74 Å². The zero-order valence-electron chi connectivity index (χ0n) is 16.3. The predicted octanol–water partition coefficient (Wildman–Crippen LogP) is 3.90. The highest BCUT2D eigenvalue weighted by atomic mass is 19.3. The van der Waals surface area contributed by atoms with Crippen LogP contribution >= 0.6 is 0 Å². The molecule has 0 unspecified atom stereocenters. The molecule has 0 radical (unpaired) electrons. The molecule has 0 bridgehead atoms. The van der Waals surface area contributed by atoms with Crippen LogP contribution in [0.5, 0.6) is 5.75 Å². The highest BCUT2D eigenvalue weighted by molar-refractivity contribution is 6.33. The smallest absolute Gasteiger partial charge is 0.387 e. The Bertz CT molecular complexity index is 1040. The van der Waals surface area contributed by atoms with E-state index in [-0.39, 0.29) is 24.3 Å². The van der Waals surface area contributed by atoms with Crippen molar-refractivity contribution in [2.24, 2.45) is 0 Å². The van der Waals surface area contributed by atoms with E-state index in [1.807, 2.05) is 0 Å². The zero-order valence-corrected chi connectivity index (χ0v) is 16.3. The molecule has 1 heterocycles. The second-order valence-electron chi connectivity index (χ2n) is 6.87. The van der Waals surface area contributed by atoms with Crippen LogP contribution in [0.25, 0.3) is 11.6 Å². The molecular weight excluding hydrogens is 396 g/mol. The normalized spacial score (nSPS) is 15.0. The highest BCUT2D eigenvalue weighted by Gasteiger charge is 2.34. The van der Waals surface area contributed by atoms with Gasteiger partial charge < -0.3 is 9.84 Å². The quantitative estimate of drug-likeness (QED) is 0.571. The number of rotatable bonds is 6. The number of fused-ring (bicyclic) bond motifs is 1.